The van der Waals surface area contributed by atoms with E-state index >= 15 is 0 Å². The lowest BCUT2D eigenvalue weighted by atomic mass is 9.93. The zero-order valence-electron chi connectivity index (χ0n) is 15.2. The Kier molecular flexibility index (Phi) is 4.69. The standard InChI is InChI=1S/C23H20N4/c1-27-16-26-15-20(27)14-25-13-17-9-10-19(12-24)23(11-17)22-8-4-6-18-5-2-3-7-21(18)22/h2-11,15-16,25H,13-14H2,1H3. The Labute approximate surface area is 158 Å². The molecule has 132 valence electrons. The van der Waals surface area contributed by atoms with Crippen LogP contribution in [0.3, 0.4) is 0 Å². The summed E-state index contributed by atoms with van der Waals surface area (Å²) in [6.45, 7) is 1.48. The third kappa shape index (κ3) is 3.46. The Morgan fingerprint density at radius 2 is 1.85 bits per heavy atom. The molecule has 4 nitrogen and oxygen atoms in total. The minimum Gasteiger partial charge on any atom is -0.337 e. The number of aryl methyl sites for hydroxylation is 1. The predicted molar refractivity (Wildman–Crippen MR) is 108 cm³/mol. The van der Waals surface area contributed by atoms with Crippen LogP contribution in [0.25, 0.3) is 21.9 Å². The van der Waals surface area contributed by atoms with Crippen LogP contribution in [0.2, 0.25) is 0 Å². The SMILES string of the molecule is Cn1cncc1CNCc1ccc(C#N)c(-c2cccc3ccccc23)c1. The van der Waals surface area contributed by atoms with Crippen LogP contribution in [-0.2, 0) is 20.1 Å². The Hall–Kier alpha value is -3.42. The van der Waals surface area contributed by atoms with Gasteiger partial charge in [-0.2, -0.15) is 5.26 Å². The number of aromatic nitrogens is 2. The van der Waals surface area contributed by atoms with Crippen molar-refractivity contribution in [1.29, 1.82) is 5.26 Å². The number of rotatable bonds is 5. The van der Waals surface area contributed by atoms with E-state index < -0.39 is 0 Å². The van der Waals surface area contributed by atoms with Crippen molar-refractivity contribution in [2.75, 3.05) is 0 Å². The normalized spacial score (nSPS) is 10.8. The van der Waals surface area contributed by atoms with Gasteiger partial charge < -0.3 is 9.88 Å². The van der Waals surface area contributed by atoms with Crippen LogP contribution in [0.4, 0.5) is 0 Å². The van der Waals surface area contributed by atoms with Gasteiger partial charge in [-0.15, -0.1) is 0 Å². The molecule has 0 amide bonds. The van der Waals surface area contributed by atoms with Gasteiger partial charge in [-0.05, 0) is 34.0 Å². The van der Waals surface area contributed by atoms with Crippen LogP contribution in [0, 0.1) is 11.3 Å². The lowest BCUT2D eigenvalue weighted by Crippen LogP contribution is -2.14. The lowest BCUT2D eigenvalue weighted by Gasteiger charge is -2.12. The topological polar surface area (TPSA) is 53.6 Å². The van der Waals surface area contributed by atoms with E-state index in [0.29, 0.717) is 5.56 Å². The van der Waals surface area contributed by atoms with Crippen LogP contribution >= 0.6 is 0 Å². The average Bonchev–Trinajstić information content (AvgIpc) is 3.12. The van der Waals surface area contributed by atoms with E-state index in [9.17, 15) is 5.26 Å². The third-order valence-electron chi connectivity index (χ3n) is 4.84. The first-order chi connectivity index (χ1) is 13.3. The minimum atomic E-state index is 0.696. The van der Waals surface area contributed by atoms with Crippen molar-refractivity contribution in [2.45, 2.75) is 13.1 Å². The van der Waals surface area contributed by atoms with E-state index in [-0.39, 0.29) is 0 Å². The second-order valence-electron chi connectivity index (χ2n) is 6.62. The second kappa shape index (κ2) is 7.45. The summed E-state index contributed by atoms with van der Waals surface area (Å²) in [5.74, 6) is 0. The maximum Gasteiger partial charge on any atom is 0.0998 e. The molecule has 0 saturated heterocycles. The molecule has 0 aliphatic carbocycles. The molecule has 1 heterocycles. The van der Waals surface area contributed by atoms with Crippen molar-refractivity contribution in [3.8, 4) is 17.2 Å². The predicted octanol–water partition coefficient (Wildman–Crippen LogP) is 4.40. The number of hydrogen-bond donors (Lipinski definition) is 1. The maximum atomic E-state index is 9.60. The molecule has 0 aliphatic rings. The fraction of sp³-hybridized carbons (Fsp3) is 0.130. The number of nitrogens with one attached hydrogen (secondary N) is 1. The largest absolute Gasteiger partial charge is 0.337 e. The number of hydrogen-bond acceptors (Lipinski definition) is 3. The van der Waals surface area contributed by atoms with E-state index in [1.807, 2.05) is 48.1 Å². The van der Waals surface area contributed by atoms with Crippen molar-refractivity contribution in [2.24, 2.45) is 7.05 Å². The van der Waals surface area contributed by atoms with E-state index in [1.54, 1.807) is 6.33 Å². The summed E-state index contributed by atoms with van der Waals surface area (Å²) >= 11 is 0. The smallest absolute Gasteiger partial charge is 0.0998 e. The number of nitrogens with zero attached hydrogens (tertiary/aromatic N) is 3. The molecule has 4 aromatic rings. The van der Waals surface area contributed by atoms with Crippen LogP contribution in [0.5, 0.6) is 0 Å². The molecule has 0 bridgehead atoms. The van der Waals surface area contributed by atoms with Gasteiger partial charge in [-0.1, -0.05) is 48.5 Å². The molecule has 4 rings (SSSR count). The first-order valence-electron chi connectivity index (χ1n) is 8.93. The molecule has 1 N–H and O–H groups in total. The summed E-state index contributed by atoms with van der Waals surface area (Å²) < 4.78 is 2.01. The lowest BCUT2D eigenvalue weighted by molar-refractivity contribution is 0.655. The fourth-order valence-electron chi connectivity index (χ4n) is 3.37. The van der Waals surface area contributed by atoms with Crippen molar-refractivity contribution in [1.82, 2.24) is 14.9 Å². The monoisotopic (exact) mass is 352 g/mol. The van der Waals surface area contributed by atoms with Gasteiger partial charge in [0, 0.05) is 31.9 Å². The molecule has 4 heteroatoms. The zero-order chi connectivity index (χ0) is 18.6. The first kappa shape index (κ1) is 17.0. The molecule has 0 unspecified atom stereocenters. The summed E-state index contributed by atoms with van der Waals surface area (Å²) in [6, 6.07) is 22.9. The molecule has 0 fully saturated rings. The number of benzene rings is 3. The molecular weight excluding hydrogens is 332 g/mol. The fourth-order valence-corrected chi connectivity index (χ4v) is 3.37. The molecule has 0 spiro atoms. The summed E-state index contributed by atoms with van der Waals surface area (Å²) in [4.78, 5) is 4.14. The summed E-state index contributed by atoms with van der Waals surface area (Å²) in [5.41, 5.74) is 5.06. The summed E-state index contributed by atoms with van der Waals surface area (Å²) in [5, 5.41) is 15.4. The van der Waals surface area contributed by atoms with E-state index in [0.717, 1.165) is 40.9 Å². The van der Waals surface area contributed by atoms with Gasteiger partial charge in [-0.3, -0.25) is 0 Å². The third-order valence-corrected chi connectivity index (χ3v) is 4.84. The number of nitriles is 1. The highest BCUT2D eigenvalue weighted by Crippen LogP contribution is 2.31. The highest BCUT2D eigenvalue weighted by atomic mass is 15.0. The van der Waals surface area contributed by atoms with Gasteiger partial charge in [0.1, 0.15) is 0 Å². The highest BCUT2D eigenvalue weighted by molar-refractivity contribution is 5.97. The van der Waals surface area contributed by atoms with E-state index in [2.05, 4.69) is 46.7 Å². The molecule has 0 aliphatic heterocycles. The average molecular weight is 352 g/mol. The van der Waals surface area contributed by atoms with Crippen molar-refractivity contribution in [3.63, 3.8) is 0 Å². The Morgan fingerprint density at radius 1 is 1.00 bits per heavy atom. The van der Waals surface area contributed by atoms with Crippen LogP contribution in [-0.4, -0.2) is 9.55 Å². The summed E-state index contributed by atoms with van der Waals surface area (Å²) in [6.07, 6.45) is 3.67. The minimum absolute atomic E-state index is 0.696. The van der Waals surface area contributed by atoms with E-state index in [4.69, 9.17) is 0 Å². The van der Waals surface area contributed by atoms with Crippen LogP contribution < -0.4 is 5.32 Å². The van der Waals surface area contributed by atoms with Crippen molar-refractivity contribution < 1.29 is 0 Å². The van der Waals surface area contributed by atoms with Crippen LogP contribution in [0.1, 0.15) is 16.8 Å². The van der Waals surface area contributed by atoms with Crippen molar-refractivity contribution >= 4 is 10.8 Å². The van der Waals surface area contributed by atoms with Crippen LogP contribution in [0.15, 0.2) is 73.2 Å². The van der Waals surface area contributed by atoms with Gasteiger partial charge in [0.25, 0.3) is 0 Å². The number of fused-ring (bicyclic) bond motifs is 1. The molecule has 27 heavy (non-hydrogen) atoms. The summed E-state index contributed by atoms with van der Waals surface area (Å²) in [7, 11) is 1.99. The zero-order valence-corrected chi connectivity index (χ0v) is 15.2. The molecule has 1 aromatic heterocycles. The Balaban J connectivity index is 1.65. The second-order valence-corrected chi connectivity index (χ2v) is 6.62. The number of imidazole rings is 1. The van der Waals surface area contributed by atoms with Gasteiger partial charge in [-0.25, -0.2) is 4.98 Å². The molecule has 3 aromatic carbocycles. The highest BCUT2D eigenvalue weighted by Gasteiger charge is 2.10. The molecule has 0 saturated carbocycles. The Bertz CT molecular complexity index is 1130. The van der Waals surface area contributed by atoms with Gasteiger partial charge in [0.15, 0.2) is 0 Å². The maximum absolute atomic E-state index is 9.60. The quantitative estimate of drug-likeness (QED) is 0.579. The molecular formula is C23H20N4. The molecule has 0 atom stereocenters. The Morgan fingerprint density at radius 3 is 2.67 bits per heavy atom. The first-order valence-corrected chi connectivity index (χ1v) is 8.93. The van der Waals surface area contributed by atoms with Gasteiger partial charge >= 0.3 is 0 Å². The van der Waals surface area contributed by atoms with E-state index in [1.165, 1.54) is 5.39 Å². The molecule has 0 radical (unpaired) electrons. The van der Waals surface area contributed by atoms with Gasteiger partial charge in [0.05, 0.1) is 23.7 Å². The van der Waals surface area contributed by atoms with Gasteiger partial charge in [0.2, 0.25) is 0 Å². The van der Waals surface area contributed by atoms with Crippen molar-refractivity contribution in [3.05, 3.63) is 90.0 Å².